The van der Waals surface area contributed by atoms with Crippen molar-refractivity contribution in [2.45, 2.75) is 13.3 Å². The smallest absolute Gasteiger partial charge is 0.235 e. The molecular weight excluding hydrogens is 423 g/mol. The second-order valence-corrected chi connectivity index (χ2v) is 7.83. The van der Waals surface area contributed by atoms with Crippen molar-refractivity contribution in [3.05, 3.63) is 65.8 Å². The van der Waals surface area contributed by atoms with Gasteiger partial charge >= 0.3 is 0 Å². The lowest BCUT2D eigenvalue weighted by atomic mass is 9.98. The van der Waals surface area contributed by atoms with E-state index in [1.54, 1.807) is 31.8 Å². The molecule has 0 radical (unpaired) electrons. The third-order valence-electron chi connectivity index (χ3n) is 5.81. The van der Waals surface area contributed by atoms with E-state index in [4.69, 9.17) is 9.47 Å². The number of anilines is 1. The van der Waals surface area contributed by atoms with Crippen LogP contribution >= 0.6 is 0 Å². The number of halogens is 1. The number of fused-ring (bicyclic) bond motifs is 1. The molecule has 0 bridgehead atoms. The van der Waals surface area contributed by atoms with Gasteiger partial charge in [-0.15, -0.1) is 0 Å². The number of hydrogen-bond acceptors (Lipinski definition) is 8. The van der Waals surface area contributed by atoms with Crippen molar-refractivity contribution in [3.8, 4) is 17.1 Å². The Morgan fingerprint density at radius 2 is 1.85 bits per heavy atom. The number of morpholine rings is 1. The molecular formula is C24H23FN6O2. The van der Waals surface area contributed by atoms with Gasteiger partial charge in [0.05, 0.1) is 37.7 Å². The molecule has 168 valence electrons. The van der Waals surface area contributed by atoms with Crippen LogP contribution in [0.4, 0.5) is 10.1 Å². The number of nitrogens with zero attached hydrogens (tertiary/aromatic N) is 6. The van der Waals surface area contributed by atoms with Gasteiger partial charge in [0.25, 0.3) is 0 Å². The maximum Gasteiger partial charge on any atom is 0.235 e. The maximum atomic E-state index is 15.1. The average molecular weight is 446 g/mol. The van der Waals surface area contributed by atoms with E-state index in [9.17, 15) is 0 Å². The number of methoxy groups -OCH3 is 1. The Labute approximate surface area is 190 Å². The number of benzene rings is 1. The third kappa shape index (κ3) is 4.19. The van der Waals surface area contributed by atoms with Crippen LogP contribution in [0.25, 0.3) is 22.3 Å². The molecule has 3 aromatic heterocycles. The molecule has 1 saturated heterocycles. The predicted molar refractivity (Wildman–Crippen MR) is 122 cm³/mol. The van der Waals surface area contributed by atoms with Gasteiger partial charge in [0, 0.05) is 37.5 Å². The highest BCUT2D eigenvalue weighted by Crippen LogP contribution is 2.31. The zero-order valence-corrected chi connectivity index (χ0v) is 18.5. The van der Waals surface area contributed by atoms with E-state index in [2.05, 4.69) is 29.8 Å². The third-order valence-corrected chi connectivity index (χ3v) is 5.81. The summed E-state index contributed by atoms with van der Waals surface area (Å²) in [5, 5.41) is 0. The Kier molecular flexibility index (Phi) is 5.78. The molecule has 0 amide bonds. The van der Waals surface area contributed by atoms with E-state index in [1.807, 2.05) is 13.0 Å². The van der Waals surface area contributed by atoms with Crippen LogP contribution in [-0.4, -0.2) is 58.3 Å². The minimum atomic E-state index is -0.360. The van der Waals surface area contributed by atoms with Gasteiger partial charge in [0.1, 0.15) is 29.0 Å². The van der Waals surface area contributed by atoms with Crippen LogP contribution in [0, 0.1) is 12.7 Å². The van der Waals surface area contributed by atoms with Gasteiger partial charge in [0.2, 0.25) is 5.88 Å². The van der Waals surface area contributed by atoms with Crippen molar-refractivity contribution in [1.29, 1.82) is 0 Å². The maximum absolute atomic E-state index is 15.1. The molecule has 1 aliphatic rings. The number of pyridine rings is 1. The lowest BCUT2D eigenvalue weighted by Gasteiger charge is -2.28. The fourth-order valence-corrected chi connectivity index (χ4v) is 4.04. The molecule has 8 nitrogen and oxygen atoms in total. The first-order valence-corrected chi connectivity index (χ1v) is 10.7. The lowest BCUT2D eigenvalue weighted by Crippen LogP contribution is -2.36. The Balaban J connectivity index is 1.55. The van der Waals surface area contributed by atoms with Crippen LogP contribution in [0.2, 0.25) is 0 Å². The fraction of sp³-hybridized carbons (Fsp3) is 0.292. The number of ether oxygens (including phenoxy) is 2. The second-order valence-electron chi connectivity index (χ2n) is 7.83. The molecule has 4 heterocycles. The summed E-state index contributed by atoms with van der Waals surface area (Å²) in [6, 6.07) is 5.29. The first-order valence-electron chi connectivity index (χ1n) is 10.7. The first-order chi connectivity index (χ1) is 16.1. The molecule has 0 aliphatic carbocycles. The molecule has 1 fully saturated rings. The van der Waals surface area contributed by atoms with Crippen molar-refractivity contribution in [1.82, 2.24) is 24.9 Å². The molecule has 0 unspecified atom stereocenters. The summed E-state index contributed by atoms with van der Waals surface area (Å²) in [5.41, 5.74) is 5.42. The molecule has 1 aromatic carbocycles. The minimum Gasteiger partial charge on any atom is -0.480 e. The van der Waals surface area contributed by atoms with Crippen molar-refractivity contribution >= 4 is 16.7 Å². The molecule has 4 aromatic rings. The van der Waals surface area contributed by atoms with Crippen molar-refractivity contribution in [3.63, 3.8) is 0 Å². The van der Waals surface area contributed by atoms with Gasteiger partial charge in [-0.1, -0.05) is 0 Å². The van der Waals surface area contributed by atoms with E-state index in [1.165, 1.54) is 12.4 Å². The Morgan fingerprint density at radius 3 is 2.67 bits per heavy atom. The molecule has 1 aliphatic heterocycles. The van der Waals surface area contributed by atoms with Gasteiger partial charge in [-0.05, 0) is 36.2 Å². The quantitative estimate of drug-likeness (QED) is 0.461. The predicted octanol–water partition coefficient (Wildman–Crippen LogP) is 3.37. The summed E-state index contributed by atoms with van der Waals surface area (Å²) in [6.45, 7) is 4.83. The highest BCUT2D eigenvalue weighted by Gasteiger charge is 2.18. The standard InChI is InChI=1S/C24H23FN6O2/c1-15-9-19(25)18(10-16(15)11-21-24(32-2)27-4-3-26-21)22-23-20(29-14-30-22)12-17(13-28-23)31-5-7-33-8-6-31/h3-4,9-10,12-14H,5-8,11H2,1-2H3. The summed E-state index contributed by atoms with van der Waals surface area (Å²) >= 11 is 0. The van der Waals surface area contributed by atoms with Crippen molar-refractivity contribution in [2.75, 3.05) is 38.3 Å². The largest absolute Gasteiger partial charge is 0.480 e. The highest BCUT2D eigenvalue weighted by atomic mass is 19.1. The first kappa shape index (κ1) is 21.1. The highest BCUT2D eigenvalue weighted by molar-refractivity contribution is 5.90. The fourth-order valence-electron chi connectivity index (χ4n) is 4.04. The molecule has 0 N–H and O–H groups in total. The van der Waals surface area contributed by atoms with E-state index in [0.717, 1.165) is 29.9 Å². The van der Waals surface area contributed by atoms with Crippen LogP contribution in [0.5, 0.6) is 5.88 Å². The second kappa shape index (κ2) is 9.03. The molecule has 0 spiro atoms. The van der Waals surface area contributed by atoms with Crippen LogP contribution in [0.15, 0.2) is 43.1 Å². The molecule has 9 heteroatoms. The molecule has 33 heavy (non-hydrogen) atoms. The van der Waals surface area contributed by atoms with Crippen molar-refractivity contribution in [2.24, 2.45) is 0 Å². The number of rotatable bonds is 5. The summed E-state index contributed by atoms with van der Waals surface area (Å²) in [5.74, 6) is 0.0917. The van der Waals surface area contributed by atoms with Gasteiger partial charge < -0.3 is 14.4 Å². The SMILES string of the molecule is COc1nccnc1Cc1cc(-c2ncnc3cc(N4CCOCC4)cnc23)c(F)cc1C. The van der Waals surface area contributed by atoms with Crippen LogP contribution in [-0.2, 0) is 11.2 Å². The van der Waals surface area contributed by atoms with E-state index in [0.29, 0.717) is 53.5 Å². The van der Waals surface area contributed by atoms with Crippen LogP contribution in [0.1, 0.15) is 16.8 Å². The van der Waals surface area contributed by atoms with E-state index >= 15 is 4.39 Å². The van der Waals surface area contributed by atoms with Gasteiger partial charge in [0.15, 0.2) is 0 Å². The Morgan fingerprint density at radius 1 is 1.03 bits per heavy atom. The van der Waals surface area contributed by atoms with Gasteiger partial charge in [-0.3, -0.25) is 9.97 Å². The molecule has 0 saturated carbocycles. The van der Waals surface area contributed by atoms with Crippen molar-refractivity contribution < 1.29 is 13.9 Å². The van der Waals surface area contributed by atoms with E-state index < -0.39 is 0 Å². The number of aryl methyl sites for hydroxylation is 1. The normalized spacial score (nSPS) is 14.0. The summed E-state index contributed by atoms with van der Waals surface area (Å²) < 4.78 is 25.9. The summed E-state index contributed by atoms with van der Waals surface area (Å²) in [7, 11) is 1.56. The monoisotopic (exact) mass is 446 g/mol. The summed E-state index contributed by atoms with van der Waals surface area (Å²) in [4.78, 5) is 24.2. The summed E-state index contributed by atoms with van der Waals surface area (Å²) in [6.07, 6.45) is 6.89. The lowest BCUT2D eigenvalue weighted by molar-refractivity contribution is 0.122. The Bertz CT molecular complexity index is 1310. The van der Waals surface area contributed by atoms with E-state index in [-0.39, 0.29) is 5.82 Å². The van der Waals surface area contributed by atoms with Gasteiger partial charge in [-0.25, -0.2) is 19.3 Å². The Hall–Kier alpha value is -3.72. The average Bonchev–Trinajstić information content (AvgIpc) is 2.86. The van der Waals surface area contributed by atoms with Gasteiger partial charge in [-0.2, -0.15) is 0 Å². The zero-order chi connectivity index (χ0) is 22.8. The number of aromatic nitrogens is 5. The topological polar surface area (TPSA) is 86.2 Å². The van der Waals surface area contributed by atoms with Crippen LogP contribution < -0.4 is 9.64 Å². The molecule has 0 atom stereocenters. The zero-order valence-electron chi connectivity index (χ0n) is 18.5. The van der Waals surface area contributed by atoms with Crippen LogP contribution in [0.3, 0.4) is 0 Å². The molecule has 5 rings (SSSR count). The minimum absolute atomic E-state index is 0.360. The number of hydrogen-bond donors (Lipinski definition) is 0.